The van der Waals surface area contributed by atoms with Crippen LogP contribution in [0.2, 0.25) is 0 Å². The molecule has 0 unspecified atom stereocenters. The zero-order chi connectivity index (χ0) is 28.5. The number of nitrogens with one attached hydrogen (secondary N) is 1. The van der Waals surface area contributed by atoms with E-state index in [1.165, 1.54) is 4.90 Å². The van der Waals surface area contributed by atoms with Gasteiger partial charge in [0, 0.05) is 13.0 Å². The predicted molar refractivity (Wildman–Crippen MR) is 143 cm³/mol. The number of amides is 3. The first-order valence-corrected chi connectivity index (χ1v) is 15.2. The summed E-state index contributed by atoms with van der Waals surface area (Å²) in [6.45, 7) is 9.52. The van der Waals surface area contributed by atoms with Gasteiger partial charge in [0.1, 0.15) is 17.7 Å². The highest BCUT2D eigenvalue weighted by atomic mass is 31.2. The van der Waals surface area contributed by atoms with Gasteiger partial charge in [-0.25, -0.2) is 4.79 Å². The van der Waals surface area contributed by atoms with Crippen LogP contribution in [0.3, 0.4) is 0 Å². The van der Waals surface area contributed by atoms with Crippen molar-refractivity contribution in [2.45, 2.75) is 109 Å². The number of carbonyl (C=O) groups excluding carboxylic acids is 3. The van der Waals surface area contributed by atoms with E-state index < -0.39 is 49.3 Å². The molecule has 12 heteroatoms. The Labute approximate surface area is 226 Å². The van der Waals surface area contributed by atoms with E-state index in [1.807, 2.05) is 13.8 Å². The van der Waals surface area contributed by atoms with Crippen LogP contribution in [0, 0.1) is 5.92 Å². The van der Waals surface area contributed by atoms with Crippen molar-refractivity contribution in [3.8, 4) is 0 Å². The lowest BCUT2D eigenvalue weighted by molar-refractivity contribution is -0.139. The summed E-state index contributed by atoms with van der Waals surface area (Å²) in [5, 5.41) is 12.6. The smallest absolute Gasteiger partial charge is 0.408 e. The molecule has 3 amide bonds. The largest absolute Gasteiger partial charge is 0.444 e. The Morgan fingerprint density at radius 2 is 1.79 bits per heavy atom. The van der Waals surface area contributed by atoms with Gasteiger partial charge in [0.25, 0.3) is 0 Å². The molecule has 2 rings (SSSR count). The fourth-order valence-electron chi connectivity index (χ4n) is 4.65. The molecular weight excluding hydrogens is 513 g/mol. The van der Waals surface area contributed by atoms with Crippen molar-refractivity contribution in [1.82, 2.24) is 10.2 Å². The van der Waals surface area contributed by atoms with Gasteiger partial charge >= 0.3 is 13.7 Å². The van der Waals surface area contributed by atoms with Crippen LogP contribution >= 0.6 is 7.60 Å². The van der Waals surface area contributed by atoms with Crippen molar-refractivity contribution in [2.75, 3.05) is 19.8 Å². The maximum Gasteiger partial charge on any atom is 0.408 e. The third-order valence-corrected chi connectivity index (χ3v) is 9.10. The van der Waals surface area contributed by atoms with Gasteiger partial charge in [0.15, 0.2) is 0 Å². The van der Waals surface area contributed by atoms with Gasteiger partial charge in [-0.15, -0.1) is 0 Å². The highest BCUT2D eigenvalue weighted by Gasteiger charge is 2.51. The number of β-amino-alcohol motifs (C(OH)–C–C–N with tert-alkyl or cyclic N) is 1. The Hall–Kier alpha value is -1.94. The summed E-state index contributed by atoms with van der Waals surface area (Å²) in [7, 11) is -3.05. The van der Waals surface area contributed by atoms with Gasteiger partial charge in [0.05, 0.1) is 25.0 Å². The van der Waals surface area contributed by atoms with Crippen LogP contribution in [0.15, 0.2) is 12.2 Å². The maximum atomic E-state index is 13.2. The maximum absolute atomic E-state index is 13.2. The summed E-state index contributed by atoms with van der Waals surface area (Å²) in [5.41, 5.74) is 4.63. The average molecular weight is 560 g/mol. The van der Waals surface area contributed by atoms with Crippen molar-refractivity contribution < 1.29 is 37.8 Å². The standard InChI is InChI=1S/C26H46N3O8P/c1-6-35-38(34,36-7-2)22-15-18(22)13-11-9-8-10-12-14-20(28-25(33)37-26(3,4)5)24(32)29-17-19(30)16-21(29)23(27)31/h11,13,18-22,30H,6-10,12,14-17H2,1-5H3,(H2,27,31)(H,28,33)/b13-11-/t18-,19-,20+,21+,22+/m1/s1. The SMILES string of the molecule is CCOP(=O)(OCC)[C@H]1C[C@H]1/C=C\CCCCC[C@H](NC(=O)OC(C)(C)C)C(=O)N1C[C@H](O)C[C@H]1C(N)=O. The van der Waals surface area contributed by atoms with Gasteiger partial charge in [-0.1, -0.05) is 25.0 Å². The molecule has 5 atom stereocenters. The second-order valence-electron chi connectivity index (χ2n) is 10.9. The minimum absolute atomic E-state index is 0.00851. The quantitative estimate of drug-likeness (QED) is 0.156. The molecule has 0 aromatic heterocycles. The Balaban J connectivity index is 1.85. The number of aliphatic hydroxyl groups is 1. The van der Waals surface area contributed by atoms with Crippen LogP contribution in [0.1, 0.15) is 79.6 Å². The first-order valence-electron chi connectivity index (χ1n) is 13.6. The minimum Gasteiger partial charge on any atom is -0.444 e. The molecule has 11 nitrogen and oxygen atoms in total. The van der Waals surface area contributed by atoms with Crippen LogP contribution in [-0.2, 0) is 27.9 Å². The molecule has 4 N–H and O–H groups in total. The number of hydrogen-bond donors (Lipinski definition) is 3. The van der Waals surface area contributed by atoms with Crippen molar-refractivity contribution in [3.05, 3.63) is 12.2 Å². The molecule has 1 saturated heterocycles. The molecule has 1 aliphatic heterocycles. The Morgan fingerprint density at radius 3 is 2.37 bits per heavy atom. The number of allylic oxidation sites excluding steroid dienone is 2. The molecule has 2 fully saturated rings. The van der Waals surface area contributed by atoms with Gasteiger partial charge in [0.2, 0.25) is 11.8 Å². The molecule has 38 heavy (non-hydrogen) atoms. The Morgan fingerprint density at radius 1 is 1.13 bits per heavy atom. The molecule has 1 aliphatic carbocycles. The number of carbonyl (C=O) groups is 3. The third kappa shape index (κ3) is 9.98. The number of unbranched alkanes of at least 4 members (excludes halogenated alkanes) is 3. The van der Waals surface area contributed by atoms with Crippen LogP contribution in [0.4, 0.5) is 4.79 Å². The summed E-state index contributed by atoms with van der Waals surface area (Å²) in [5.74, 6) is -0.939. The van der Waals surface area contributed by atoms with Gasteiger partial charge < -0.3 is 34.8 Å². The molecule has 1 saturated carbocycles. The Bertz CT molecular complexity index is 880. The van der Waals surface area contributed by atoms with E-state index in [-0.39, 0.29) is 24.5 Å². The number of rotatable bonds is 15. The van der Waals surface area contributed by atoms with Crippen molar-refractivity contribution in [1.29, 1.82) is 0 Å². The first-order chi connectivity index (χ1) is 17.8. The monoisotopic (exact) mass is 559 g/mol. The summed E-state index contributed by atoms with van der Waals surface area (Å²) < 4.78 is 29.0. The highest BCUT2D eigenvalue weighted by Crippen LogP contribution is 2.65. The molecule has 0 radical (unpaired) electrons. The van der Waals surface area contributed by atoms with Crippen molar-refractivity contribution in [3.63, 3.8) is 0 Å². The number of aliphatic hydroxyl groups excluding tert-OH is 1. The minimum atomic E-state index is -3.05. The summed E-state index contributed by atoms with van der Waals surface area (Å²) in [6.07, 6.45) is 7.02. The van der Waals surface area contributed by atoms with Crippen LogP contribution in [-0.4, -0.2) is 77.1 Å². The lowest BCUT2D eigenvalue weighted by Crippen LogP contribution is -2.53. The molecule has 0 bridgehead atoms. The topological polar surface area (TPSA) is 157 Å². The van der Waals surface area contributed by atoms with Gasteiger partial charge in [-0.3, -0.25) is 14.2 Å². The second kappa shape index (κ2) is 14.4. The lowest BCUT2D eigenvalue weighted by Gasteiger charge is -2.28. The number of ether oxygens (including phenoxy) is 1. The zero-order valence-corrected chi connectivity index (χ0v) is 24.3. The third-order valence-electron chi connectivity index (χ3n) is 6.46. The van der Waals surface area contributed by atoms with E-state index in [1.54, 1.807) is 20.8 Å². The van der Waals surface area contributed by atoms with E-state index >= 15 is 0 Å². The molecular formula is C26H46N3O8P. The Kier molecular flexibility index (Phi) is 12.3. The van der Waals surface area contributed by atoms with Crippen molar-refractivity contribution >= 4 is 25.5 Å². The summed E-state index contributed by atoms with van der Waals surface area (Å²) in [4.78, 5) is 38.7. The molecule has 1 heterocycles. The zero-order valence-electron chi connectivity index (χ0n) is 23.4. The predicted octanol–water partition coefficient (Wildman–Crippen LogP) is 3.49. The molecule has 0 aromatic rings. The number of alkyl carbamates (subject to hydrolysis) is 1. The van der Waals surface area contributed by atoms with Crippen LogP contribution in [0.25, 0.3) is 0 Å². The summed E-state index contributed by atoms with van der Waals surface area (Å²) in [6, 6.07) is -1.80. The fraction of sp³-hybridized carbons (Fsp3) is 0.808. The van der Waals surface area contributed by atoms with Crippen molar-refractivity contribution in [2.24, 2.45) is 11.7 Å². The second-order valence-corrected chi connectivity index (χ2v) is 13.2. The van der Waals surface area contributed by atoms with E-state index in [0.717, 1.165) is 25.7 Å². The molecule has 2 aliphatic rings. The van der Waals surface area contributed by atoms with Gasteiger partial charge in [-0.2, -0.15) is 0 Å². The molecule has 218 valence electrons. The van der Waals surface area contributed by atoms with Crippen LogP contribution < -0.4 is 11.1 Å². The summed E-state index contributed by atoms with van der Waals surface area (Å²) >= 11 is 0. The molecule has 0 spiro atoms. The van der Waals surface area contributed by atoms with E-state index in [0.29, 0.717) is 26.1 Å². The lowest BCUT2D eigenvalue weighted by atomic mass is 10.0. The number of hydrogen-bond acceptors (Lipinski definition) is 8. The van der Waals surface area contributed by atoms with E-state index in [2.05, 4.69) is 17.5 Å². The van der Waals surface area contributed by atoms with E-state index in [9.17, 15) is 24.1 Å². The first kappa shape index (κ1) is 32.3. The number of nitrogens with zero attached hydrogens (tertiary/aromatic N) is 1. The van der Waals surface area contributed by atoms with Crippen LogP contribution in [0.5, 0.6) is 0 Å². The normalized spacial score (nSPS) is 24.4. The number of likely N-dealkylation sites (tertiary alicyclic amines) is 1. The fourth-order valence-corrected chi connectivity index (χ4v) is 6.90. The number of primary amides is 1. The number of nitrogens with two attached hydrogens (primary N) is 1. The average Bonchev–Trinajstić information content (AvgIpc) is 3.49. The molecule has 0 aromatic carbocycles. The highest BCUT2D eigenvalue weighted by molar-refractivity contribution is 7.55. The van der Waals surface area contributed by atoms with Gasteiger partial charge in [-0.05, 0) is 66.2 Å². The van der Waals surface area contributed by atoms with E-state index in [4.69, 9.17) is 19.5 Å².